The minimum absolute atomic E-state index is 0.223. The molecular weight excluding hydrogens is 879 g/mol. The molecular formula is C48H83NO18. The van der Waals surface area contributed by atoms with Gasteiger partial charge in [-0.05, 0) is 51.4 Å². The highest BCUT2D eigenvalue weighted by atomic mass is 16.8. The molecule has 0 aromatic carbocycles. The molecule has 1 amide bonds. The molecule has 19 nitrogen and oxygen atoms in total. The van der Waals surface area contributed by atoms with Crippen LogP contribution in [0.4, 0.5) is 0 Å². The number of carbonyl (C=O) groups excluding carboxylic acids is 1. The number of amides is 1. The fourth-order valence-electron chi connectivity index (χ4n) is 7.97. The van der Waals surface area contributed by atoms with E-state index in [9.17, 15) is 61.0 Å². The molecule has 0 saturated carbocycles. The molecule has 388 valence electrons. The average Bonchev–Trinajstić information content (AvgIpc) is 3.32. The highest BCUT2D eigenvalue weighted by molar-refractivity contribution is 5.76. The van der Waals surface area contributed by atoms with Crippen molar-refractivity contribution in [3.8, 4) is 0 Å². The molecule has 67 heavy (non-hydrogen) atoms. The lowest BCUT2D eigenvalue weighted by Gasteiger charge is -2.48. The lowest BCUT2D eigenvalue weighted by atomic mass is 9.96. The molecule has 3 aliphatic heterocycles. The Morgan fingerprint density at radius 1 is 0.537 bits per heavy atom. The minimum Gasteiger partial charge on any atom is -0.394 e. The molecule has 3 fully saturated rings. The van der Waals surface area contributed by atoms with Crippen LogP contribution in [0.2, 0.25) is 0 Å². The summed E-state index contributed by atoms with van der Waals surface area (Å²) in [5, 5.41) is 119. The molecule has 0 radical (unpaired) electrons. The van der Waals surface area contributed by atoms with Crippen LogP contribution in [-0.4, -0.2) is 193 Å². The molecule has 3 rings (SSSR count). The fourth-order valence-corrected chi connectivity index (χ4v) is 7.97. The van der Waals surface area contributed by atoms with Gasteiger partial charge in [0.05, 0.1) is 38.6 Å². The van der Waals surface area contributed by atoms with E-state index in [1.54, 1.807) is 6.08 Å². The molecule has 12 N–H and O–H groups in total. The second-order valence-electron chi connectivity index (χ2n) is 17.6. The summed E-state index contributed by atoms with van der Waals surface area (Å²) in [6.07, 6.45) is 5.25. The van der Waals surface area contributed by atoms with Gasteiger partial charge in [0.1, 0.15) is 73.2 Å². The molecule has 0 aromatic rings. The maximum Gasteiger partial charge on any atom is 0.220 e. The molecule has 17 atom stereocenters. The van der Waals surface area contributed by atoms with Crippen molar-refractivity contribution in [2.75, 3.05) is 26.4 Å². The number of aliphatic hydroxyl groups is 11. The molecule has 3 aliphatic rings. The van der Waals surface area contributed by atoms with Crippen molar-refractivity contribution in [2.45, 2.75) is 221 Å². The Hall–Kier alpha value is -2.25. The standard InChI is InChI=1S/C48H83NO18/c1-3-5-7-8-9-10-11-12-13-14-15-16-17-18-19-20-21-22-24-26-36(54)49-31(32(53)25-23-6-4-2)30-62-46-42(60)39(57)44(34(28-51)64-46)67-48-43(61)40(58)45(35(29-52)65-48)66-47-41(59)38(56)37(55)33(27-50)63-47/h9-10,12-13,15-16,23,25,31-35,37-48,50-53,55-61H,3-8,11,14,17-22,24,26-30H2,1-2H3,(H,49,54)/b10-9-,13-12-,16-15-,25-23+. The molecule has 19 heteroatoms. The average molecular weight is 962 g/mol. The Morgan fingerprint density at radius 3 is 1.57 bits per heavy atom. The minimum atomic E-state index is -1.98. The van der Waals surface area contributed by atoms with Crippen LogP contribution in [0.25, 0.3) is 0 Å². The van der Waals surface area contributed by atoms with Crippen molar-refractivity contribution in [1.29, 1.82) is 0 Å². The van der Waals surface area contributed by atoms with Gasteiger partial charge in [-0.2, -0.15) is 0 Å². The third kappa shape index (κ3) is 19.8. The Morgan fingerprint density at radius 2 is 1.01 bits per heavy atom. The summed E-state index contributed by atoms with van der Waals surface area (Å²) >= 11 is 0. The number of hydrogen-bond acceptors (Lipinski definition) is 18. The Bertz CT molecular complexity index is 1430. The summed E-state index contributed by atoms with van der Waals surface area (Å²) in [7, 11) is 0. The van der Waals surface area contributed by atoms with Crippen molar-refractivity contribution < 1.29 is 89.4 Å². The van der Waals surface area contributed by atoms with Crippen molar-refractivity contribution >= 4 is 5.91 Å². The quantitative estimate of drug-likeness (QED) is 0.0328. The van der Waals surface area contributed by atoms with E-state index in [2.05, 4.69) is 48.7 Å². The summed E-state index contributed by atoms with van der Waals surface area (Å²) in [6.45, 7) is 1.39. The smallest absolute Gasteiger partial charge is 0.220 e. The first-order valence-electron chi connectivity index (χ1n) is 24.4. The number of ether oxygens (including phenoxy) is 6. The highest BCUT2D eigenvalue weighted by Gasteiger charge is 2.53. The van der Waals surface area contributed by atoms with Crippen LogP contribution in [0.5, 0.6) is 0 Å². The lowest BCUT2D eigenvalue weighted by Crippen LogP contribution is -2.66. The van der Waals surface area contributed by atoms with Crippen LogP contribution in [0.3, 0.4) is 0 Å². The van der Waals surface area contributed by atoms with Gasteiger partial charge in [-0.25, -0.2) is 0 Å². The van der Waals surface area contributed by atoms with Crippen LogP contribution in [-0.2, 0) is 33.2 Å². The largest absolute Gasteiger partial charge is 0.394 e. The van der Waals surface area contributed by atoms with E-state index in [1.807, 2.05) is 6.92 Å². The van der Waals surface area contributed by atoms with Crippen LogP contribution in [0.1, 0.15) is 117 Å². The van der Waals surface area contributed by atoms with Crippen LogP contribution in [0, 0.1) is 0 Å². The zero-order chi connectivity index (χ0) is 49.1. The van der Waals surface area contributed by atoms with Crippen LogP contribution < -0.4 is 5.32 Å². The van der Waals surface area contributed by atoms with Gasteiger partial charge in [-0.1, -0.05) is 107 Å². The zero-order valence-corrected chi connectivity index (χ0v) is 39.4. The van der Waals surface area contributed by atoms with E-state index in [0.29, 0.717) is 12.8 Å². The molecule has 0 aliphatic carbocycles. The van der Waals surface area contributed by atoms with Gasteiger partial charge < -0.3 is 89.9 Å². The number of carbonyl (C=O) groups is 1. The van der Waals surface area contributed by atoms with E-state index < -0.39 is 124 Å². The van der Waals surface area contributed by atoms with Gasteiger partial charge in [0.2, 0.25) is 5.91 Å². The second-order valence-corrected chi connectivity index (χ2v) is 17.6. The number of aliphatic hydroxyl groups excluding tert-OH is 11. The van der Waals surface area contributed by atoms with Crippen molar-refractivity contribution in [3.63, 3.8) is 0 Å². The number of unbranched alkanes of at least 4 members (excludes halogenated alkanes) is 10. The van der Waals surface area contributed by atoms with Gasteiger partial charge in [-0.3, -0.25) is 4.79 Å². The number of allylic oxidation sites excluding steroid dienone is 7. The summed E-state index contributed by atoms with van der Waals surface area (Å²) in [6, 6.07) is -0.975. The van der Waals surface area contributed by atoms with Gasteiger partial charge in [-0.15, -0.1) is 0 Å². The van der Waals surface area contributed by atoms with Gasteiger partial charge in [0.15, 0.2) is 18.9 Å². The maximum atomic E-state index is 13.0. The van der Waals surface area contributed by atoms with Gasteiger partial charge >= 0.3 is 0 Å². The molecule has 0 spiro atoms. The molecule has 3 heterocycles. The van der Waals surface area contributed by atoms with E-state index in [-0.39, 0.29) is 18.9 Å². The van der Waals surface area contributed by atoms with Gasteiger partial charge in [0, 0.05) is 6.42 Å². The van der Waals surface area contributed by atoms with E-state index in [4.69, 9.17) is 28.4 Å². The molecule has 17 unspecified atom stereocenters. The molecule has 0 bridgehead atoms. The number of rotatable bonds is 32. The molecule has 3 saturated heterocycles. The van der Waals surface area contributed by atoms with E-state index in [0.717, 1.165) is 64.2 Å². The number of nitrogens with one attached hydrogen (secondary N) is 1. The Labute approximate surface area is 395 Å². The summed E-state index contributed by atoms with van der Waals surface area (Å²) < 4.78 is 33.8. The first kappa shape index (κ1) is 59.1. The summed E-state index contributed by atoms with van der Waals surface area (Å²) in [5.41, 5.74) is 0. The SMILES string of the molecule is CCC/C=C/C(O)C(COC1OC(CO)C(OC2OC(CO)C(OC3OC(CO)C(O)C(O)C3O)C(O)C2O)C(O)C1O)NC(=O)CCCCCCCC/C=C\C/C=C\C/C=C\CCCCC. The lowest BCUT2D eigenvalue weighted by molar-refractivity contribution is -0.379. The monoisotopic (exact) mass is 962 g/mol. The van der Waals surface area contributed by atoms with E-state index in [1.165, 1.54) is 25.3 Å². The van der Waals surface area contributed by atoms with Crippen molar-refractivity contribution in [3.05, 3.63) is 48.6 Å². The zero-order valence-electron chi connectivity index (χ0n) is 39.4. The highest BCUT2D eigenvalue weighted by Crippen LogP contribution is 2.33. The van der Waals surface area contributed by atoms with Gasteiger partial charge in [0.25, 0.3) is 0 Å². The fraction of sp³-hybridized carbons (Fsp3) is 0.812. The predicted molar refractivity (Wildman–Crippen MR) is 245 cm³/mol. The Kier molecular flexibility index (Phi) is 29.4. The first-order chi connectivity index (χ1) is 32.3. The number of hydrogen-bond donors (Lipinski definition) is 12. The first-order valence-corrected chi connectivity index (χ1v) is 24.4. The van der Waals surface area contributed by atoms with Crippen molar-refractivity contribution in [2.24, 2.45) is 0 Å². The normalized spacial score (nSPS) is 33.9. The molecule has 0 aromatic heterocycles. The van der Waals surface area contributed by atoms with Crippen LogP contribution >= 0.6 is 0 Å². The second kappa shape index (κ2) is 33.4. The summed E-state index contributed by atoms with van der Waals surface area (Å²) in [4.78, 5) is 13.0. The maximum absolute atomic E-state index is 13.0. The summed E-state index contributed by atoms with van der Waals surface area (Å²) in [5.74, 6) is -0.305. The Balaban J connectivity index is 1.46. The predicted octanol–water partition coefficient (Wildman–Crippen LogP) is 0.803. The van der Waals surface area contributed by atoms with E-state index >= 15 is 0 Å². The van der Waals surface area contributed by atoms with Crippen molar-refractivity contribution in [1.82, 2.24) is 5.32 Å². The van der Waals surface area contributed by atoms with Crippen LogP contribution in [0.15, 0.2) is 48.6 Å². The topological polar surface area (TPSA) is 307 Å². The third-order valence-electron chi connectivity index (χ3n) is 12.1. The third-order valence-corrected chi connectivity index (χ3v) is 12.1.